The second-order valence-corrected chi connectivity index (χ2v) is 8.34. The molecule has 0 aromatic rings. The van der Waals surface area contributed by atoms with E-state index in [0.717, 1.165) is 12.8 Å². The van der Waals surface area contributed by atoms with Crippen molar-refractivity contribution in [1.29, 1.82) is 0 Å². The standard InChI is InChI=1S/C21H41NO8/c1-7-8-12-28-20(26)15(2)22-17(24)10-9-11-18(25)29-14-19(27-6)30-16(13-23)21(3,4)5/h15-17,19,22-24H,7-14H2,1-6H3. The Hall–Kier alpha value is -1.26. The van der Waals surface area contributed by atoms with Crippen molar-refractivity contribution < 1.29 is 38.7 Å². The van der Waals surface area contributed by atoms with Crippen LogP contribution in [0.15, 0.2) is 0 Å². The van der Waals surface area contributed by atoms with Crippen molar-refractivity contribution in [2.75, 3.05) is 26.9 Å². The lowest BCUT2D eigenvalue weighted by Gasteiger charge is -2.31. The molecule has 3 N–H and O–H groups in total. The van der Waals surface area contributed by atoms with Crippen LogP contribution in [0, 0.1) is 5.41 Å². The highest BCUT2D eigenvalue weighted by Gasteiger charge is 2.28. The Morgan fingerprint density at radius 1 is 1.13 bits per heavy atom. The van der Waals surface area contributed by atoms with Gasteiger partial charge in [-0.1, -0.05) is 34.1 Å². The number of hydrogen-bond acceptors (Lipinski definition) is 9. The SMILES string of the molecule is CCCCOC(=O)C(C)NC(O)CCCC(=O)OCC(OC)OC(CO)C(C)(C)C. The molecular weight excluding hydrogens is 394 g/mol. The summed E-state index contributed by atoms with van der Waals surface area (Å²) in [6.45, 7) is 9.51. The Kier molecular flexibility index (Phi) is 14.9. The van der Waals surface area contributed by atoms with Crippen LogP contribution in [0.25, 0.3) is 0 Å². The number of methoxy groups -OCH3 is 1. The summed E-state index contributed by atoms with van der Waals surface area (Å²) in [5.41, 5.74) is -0.293. The molecule has 4 atom stereocenters. The molecule has 0 fully saturated rings. The minimum atomic E-state index is -0.932. The molecule has 9 heteroatoms. The first-order valence-corrected chi connectivity index (χ1v) is 10.6. The number of unbranched alkanes of at least 4 members (excludes halogenated alkanes) is 1. The highest BCUT2D eigenvalue weighted by Crippen LogP contribution is 2.23. The van der Waals surface area contributed by atoms with Gasteiger partial charge in [-0.2, -0.15) is 0 Å². The number of aliphatic hydroxyl groups excluding tert-OH is 2. The van der Waals surface area contributed by atoms with E-state index in [0.29, 0.717) is 13.0 Å². The number of hydrogen-bond donors (Lipinski definition) is 3. The molecule has 4 unspecified atom stereocenters. The smallest absolute Gasteiger partial charge is 0.322 e. The van der Waals surface area contributed by atoms with Gasteiger partial charge in [0.1, 0.15) is 18.9 Å². The first-order chi connectivity index (χ1) is 14.0. The van der Waals surface area contributed by atoms with Gasteiger partial charge < -0.3 is 29.2 Å². The summed E-state index contributed by atoms with van der Waals surface area (Å²) in [6.07, 6.45) is 0.326. The molecule has 0 amide bonds. The first kappa shape index (κ1) is 28.7. The van der Waals surface area contributed by atoms with Crippen molar-refractivity contribution in [3.8, 4) is 0 Å². The third-order valence-electron chi connectivity index (χ3n) is 4.49. The number of rotatable bonds is 16. The highest BCUT2D eigenvalue weighted by atomic mass is 16.7. The molecule has 0 bridgehead atoms. The Bertz CT molecular complexity index is 480. The number of esters is 2. The zero-order valence-corrected chi connectivity index (χ0v) is 19.3. The van der Waals surface area contributed by atoms with Crippen LogP contribution in [-0.2, 0) is 28.5 Å². The van der Waals surface area contributed by atoms with Crippen molar-refractivity contribution in [3.05, 3.63) is 0 Å². The van der Waals surface area contributed by atoms with Crippen LogP contribution < -0.4 is 5.32 Å². The van der Waals surface area contributed by atoms with Gasteiger partial charge in [-0.3, -0.25) is 14.9 Å². The maximum atomic E-state index is 11.9. The first-order valence-electron chi connectivity index (χ1n) is 10.6. The summed E-state index contributed by atoms with van der Waals surface area (Å²) in [5, 5.41) is 22.2. The summed E-state index contributed by atoms with van der Waals surface area (Å²) in [6, 6.07) is -0.634. The van der Waals surface area contributed by atoms with Crippen molar-refractivity contribution in [3.63, 3.8) is 0 Å². The largest absolute Gasteiger partial charge is 0.465 e. The van der Waals surface area contributed by atoms with Crippen LogP contribution in [0.1, 0.15) is 66.7 Å². The predicted molar refractivity (Wildman–Crippen MR) is 111 cm³/mol. The molecule has 9 nitrogen and oxygen atoms in total. The fourth-order valence-corrected chi connectivity index (χ4v) is 2.42. The number of nitrogens with one attached hydrogen (secondary N) is 1. The van der Waals surface area contributed by atoms with Crippen LogP contribution in [0.5, 0.6) is 0 Å². The van der Waals surface area contributed by atoms with E-state index in [9.17, 15) is 19.8 Å². The lowest BCUT2D eigenvalue weighted by Crippen LogP contribution is -2.42. The predicted octanol–water partition coefficient (Wildman–Crippen LogP) is 1.74. The Morgan fingerprint density at radius 2 is 1.80 bits per heavy atom. The maximum Gasteiger partial charge on any atom is 0.322 e. The average molecular weight is 436 g/mol. The van der Waals surface area contributed by atoms with Gasteiger partial charge in [-0.15, -0.1) is 0 Å². The molecule has 0 aliphatic rings. The third-order valence-corrected chi connectivity index (χ3v) is 4.49. The number of carbonyl (C=O) groups excluding carboxylic acids is 2. The Balaban J connectivity index is 4.13. The summed E-state index contributed by atoms with van der Waals surface area (Å²) in [5.74, 6) is -0.861. The topological polar surface area (TPSA) is 124 Å². The van der Waals surface area contributed by atoms with Crippen molar-refractivity contribution in [2.45, 2.75) is 91.4 Å². The molecule has 0 heterocycles. The zero-order valence-electron chi connectivity index (χ0n) is 19.3. The van der Waals surface area contributed by atoms with E-state index in [4.69, 9.17) is 18.9 Å². The maximum absolute atomic E-state index is 11.9. The molecule has 0 rings (SSSR count). The Morgan fingerprint density at radius 3 is 2.33 bits per heavy atom. The van der Waals surface area contributed by atoms with Crippen LogP contribution in [0.3, 0.4) is 0 Å². The van der Waals surface area contributed by atoms with E-state index in [1.54, 1.807) is 6.92 Å². The van der Waals surface area contributed by atoms with Crippen LogP contribution in [0.4, 0.5) is 0 Å². The fourth-order valence-electron chi connectivity index (χ4n) is 2.42. The average Bonchev–Trinajstić information content (AvgIpc) is 2.67. The molecule has 0 spiro atoms. The zero-order chi connectivity index (χ0) is 23.2. The van der Waals surface area contributed by atoms with Gasteiger partial charge in [-0.05, 0) is 31.6 Å². The number of aliphatic hydroxyl groups is 2. The van der Waals surface area contributed by atoms with Crippen molar-refractivity contribution >= 4 is 11.9 Å². The lowest BCUT2D eigenvalue weighted by atomic mass is 9.89. The highest BCUT2D eigenvalue weighted by molar-refractivity contribution is 5.75. The second-order valence-electron chi connectivity index (χ2n) is 8.34. The fraction of sp³-hybridized carbons (Fsp3) is 0.905. The van der Waals surface area contributed by atoms with E-state index in [2.05, 4.69) is 5.32 Å². The summed E-state index contributed by atoms with van der Waals surface area (Å²) in [7, 11) is 1.44. The molecule has 0 radical (unpaired) electrons. The van der Waals surface area contributed by atoms with Crippen LogP contribution in [-0.4, -0.2) is 73.7 Å². The van der Waals surface area contributed by atoms with Crippen molar-refractivity contribution in [2.24, 2.45) is 5.41 Å². The summed E-state index contributed by atoms with van der Waals surface area (Å²) < 4.78 is 21.1. The molecule has 30 heavy (non-hydrogen) atoms. The lowest BCUT2D eigenvalue weighted by molar-refractivity contribution is -0.211. The third kappa shape index (κ3) is 13.1. The van der Waals surface area contributed by atoms with Crippen LogP contribution >= 0.6 is 0 Å². The van der Waals surface area contributed by atoms with Gasteiger partial charge in [0.25, 0.3) is 0 Å². The molecular formula is C21H41NO8. The van der Waals surface area contributed by atoms with Gasteiger partial charge in [0.05, 0.1) is 19.3 Å². The summed E-state index contributed by atoms with van der Waals surface area (Å²) >= 11 is 0. The summed E-state index contributed by atoms with van der Waals surface area (Å²) in [4.78, 5) is 23.7. The van der Waals surface area contributed by atoms with Gasteiger partial charge in [0.15, 0.2) is 6.29 Å². The monoisotopic (exact) mass is 435 g/mol. The molecule has 0 aliphatic carbocycles. The number of ether oxygens (including phenoxy) is 4. The Labute approximate surface area is 180 Å². The normalized spacial score (nSPS) is 15.9. The van der Waals surface area contributed by atoms with Gasteiger partial charge in [0, 0.05) is 13.5 Å². The van der Waals surface area contributed by atoms with E-state index in [-0.39, 0.29) is 31.5 Å². The molecule has 0 saturated carbocycles. The second kappa shape index (κ2) is 15.5. The molecule has 0 aliphatic heterocycles. The molecule has 0 saturated heterocycles. The molecule has 0 aromatic carbocycles. The van der Waals surface area contributed by atoms with Gasteiger partial charge >= 0.3 is 11.9 Å². The van der Waals surface area contributed by atoms with E-state index in [1.165, 1.54) is 7.11 Å². The van der Waals surface area contributed by atoms with E-state index in [1.807, 2.05) is 27.7 Å². The van der Waals surface area contributed by atoms with Gasteiger partial charge in [0.2, 0.25) is 0 Å². The minimum Gasteiger partial charge on any atom is -0.465 e. The van der Waals surface area contributed by atoms with Gasteiger partial charge in [-0.25, -0.2) is 0 Å². The van der Waals surface area contributed by atoms with Crippen molar-refractivity contribution in [1.82, 2.24) is 5.32 Å². The van der Waals surface area contributed by atoms with E-state index >= 15 is 0 Å². The quantitative estimate of drug-likeness (QED) is 0.189. The van der Waals surface area contributed by atoms with E-state index < -0.39 is 36.6 Å². The molecule has 0 aromatic heterocycles. The van der Waals surface area contributed by atoms with Crippen LogP contribution in [0.2, 0.25) is 0 Å². The minimum absolute atomic E-state index is 0.0939. The number of carbonyl (C=O) groups is 2. The molecule has 178 valence electrons.